The molecule has 0 unspecified atom stereocenters. The normalized spacial score (nSPS) is 24.4. The Kier molecular flexibility index (Phi) is 20.1. The topological polar surface area (TPSA) is 142 Å². The lowest BCUT2D eigenvalue weighted by Gasteiger charge is -2.44. The predicted molar refractivity (Wildman–Crippen MR) is 260 cm³/mol. The van der Waals surface area contributed by atoms with Crippen LogP contribution in [-0.4, -0.2) is 73.7 Å². The monoisotopic (exact) mass is 976 g/mol. The van der Waals surface area contributed by atoms with E-state index in [1.54, 1.807) is 0 Å². The fourth-order valence-corrected chi connectivity index (χ4v) is 9.42. The molecule has 68 heavy (non-hydrogen) atoms. The van der Waals surface area contributed by atoms with Crippen LogP contribution in [0.3, 0.4) is 0 Å². The number of benzene rings is 4. The van der Waals surface area contributed by atoms with Crippen LogP contribution in [0.5, 0.6) is 11.5 Å². The van der Waals surface area contributed by atoms with Gasteiger partial charge in [-0.3, -0.25) is 19.2 Å². The van der Waals surface area contributed by atoms with Crippen molar-refractivity contribution in [1.29, 1.82) is 0 Å². The minimum Gasteiger partial charge on any atom is -0.494 e. The number of hydrogen-bond acceptors (Lipinski definition) is 12. The quantitative estimate of drug-likeness (QED) is 0.0779. The van der Waals surface area contributed by atoms with Crippen molar-refractivity contribution in [2.75, 3.05) is 13.2 Å². The van der Waals surface area contributed by atoms with Gasteiger partial charge in [0.2, 0.25) is 0 Å². The van der Waals surface area contributed by atoms with Crippen molar-refractivity contribution in [3.05, 3.63) is 128 Å². The van der Waals surface area contributed by atoms with Crippen molar-refractivity contribution >= 4 is 47.1 Å². The molecule has 4 aromatic carbocycles. The van der Waals surface area contributed by atoms with E-state index in [9.17, 15) is 19.2 Å². The lowest BCUT2D eigenvalue weighted by molar-refractivity contribution is -0.225. The molecule has 0 spiro atoms. The Balaban J connectivity index is 0.000000254. The molecule has 14 heteroatoms. The molecule has 0 saturated carbocycles. The molecular formula is C54H66Cl2O12. The summed E-state index contributed by atoms with van der Waals surface area (Å²) >= 11 is 13.1. The van der Waals surface area contributed by atoms with Gasteiger partial charge < -0.3 is 37.9 Å². The van der Waals surface area contributed by atoms with Crippen molar-refractivity contribution in [3.8, 4) is 11.5 Å². The number of esters is 4. The van der Waals surface area contributed by atoms with Crippen LogP contribution in [-0.2, 0) is 60.4 Å². The van der Waals surface area contributed by atoms with Crippen molar-refractivity contribution in [1.82, 2.24) is 0 Å². The van der Waals surface area contributed by atoms with Gasteiger partial charge in [0, 0.05) is 56.0 Å². The van der Waals surface area contributed by atoms with Crippen molar-refractivity contribution < 1.29 is 57.1 Å². The van der Waals surface area contributed by atoms with E-state index < -0.39 is 60.5 Å². The van der Waals surface area contributed by atoms with Gasteiger partial charge in [0.15, 0.2) is 12.2 Å². The largest absolute Gasteiger partial charge is 0.494 e. The van der Waals surface area contributed by atoms with Gasteiger partial charge in [0.05, 0.1) is 25.4 Å². The van der Waals surface area contributed by atoms with Crippen LogP contribution >= 0.6 is 23.2 Å². The maximum absolute atomic E-state index is 12.0. The number of para-hydroxylation sites is 1. The fourth-order valence-electron chi connectivity index (χ4n) is 9.05. The average Bonchev–Trinajstić information content (AvgIpc) is 3.29. The highest BCUT2D eigenvalue weighted by Crippen LogP contribution is 2.42. The molecule has 2 aliphatic heterocycles. The van der Waals surface area contributed by atoms with Crippen LogP contribution in [0, 0.1) is 11.8 Å². The summed E-state index contributed by atoms with van der Waals surface area (Å²) in [6.07, 6.45) is -1.66. The summed E-state index contributed by atoms with van der Waals surface area (Å²) in [6.45, 7) is 18.4. The summed E-state index contributed by atoms with van der Waals surface area (Å²) in [5.41, 5.74) is 5.54. The summed E-state index contributed by atoms with van der Waals surface area (Å²) in [6, 6.07) is 27.1. The van der Waals surface area contributed by atoms with Crippen LogP contribution in [0.4, 0.5) is 0 Å². The average molecular weight is 978 g/mol. The Hall–Kier alpha value is -5.14. The molecule has 368 valence electrons. The first kappa shape index (κ1) is 53.8. The molecule has 2 saturated heterocycles. The summed E-state index contributed by atoms with van der Waals surface area (Å²) in [4.78, 5) is 47.7. The van der Waals surface area contributed by atoms with E-state index >= 15 is 0 Å². The van der Waals surface area contributed by atoms with Gasteiger partial charge in [0.25, 0.3) is 0 Å². The zero-order valence-corrected chi connectivity index (χ0v) is 42.3. The molecule has 2 fully saturated rings. The Bertz CT molecular complexity index is 2320. The summed E-state index contributed by atoms with van der Waals surface area (Å²) in [7, 11) is 0. The van der Waals surface area contributed by atoms with E-state index in [0.717, 1.165) is 57.7 Å². The predicted octanol–water partition coefficient (Wildman–Crippen LogP) is 11.4. The number of carbonyl (C=O) groups excluding carboxylic acids is 4. The number of halogens is 2. The van der Waals surface area contributed by atoms with Gasteiger partial charge in [-0.05, 0) is 96.8 Å². The third kappa shape index (κ3) is 14.2. The zero-order valence-electron chi connectivity index (χ0n) is 40.8. The highest BCUT2D eigenvalue weighted by molar-refractivity contribution is 6.31. The van der Waals surface area contributed by atoms with Crippen LogP contribution in [0.2, 0.25) is 10.0 Å². The third-order valence-electron chi connectivity index (χ3n) is 12.2. The van der Waals surface area contributed by atoms with Gasteiger partial charge >= 0.3 is 23.9 Å². The van der Waals surface area contributed by atoms with E-state index in [1.165, 1.54) is 27.7 Å². The first-order valence-corrected chi connectivity index (χ1v) is 24.2. The molecule has 6 rings (SSSR count). The molecule has 12 nitrogen and oxygen atoms in total. The van der Waals surface area contributed by atoms with Gasteiger partial charge in [-0.2, -0.15) is 0 Å². The van der Waals surface area contributed by atoms with Gasteiger partial charge in [-0.15, -0.1) is 0 Å². The minimum atomic E-state index is -0.774. The molecule has 0 bridgehead atoms. The highest BCUT2D eigenvalue weighted by Gasteiger charge is 2.49. The van der Waals surface area contributed by atoms with Crippen molar-refractivity contribution in [2.45, 2.75) is 144 Å². The van der Waals surface area contributed by atoms with E-state index in [4.69, 9.17) is 61.1 Å². The SMILES string of the molecule is CCOc1ccc(Cc2cc([C@H]3O[C@H](CC)[C@@H](C)[C@H](OC(C)=O)[C@H]3OC(C)=O)ccc2Cl)cc1.CCOc1ccccc1Cc1cc([C@@H]2O[C@H](CC)[C@@H](C)[C@H](OC(C)=O)[C@H]2OC(C)=O)ccc1Cl. The summed E-state index contributed by atoms with van der Waals surface area (Å²) < 4.78 is 46.8. The molecule has 0 N–H and O–H groups in total. The molecule has 4 aromatic rings. The smallest absolute Gasteiger partial charge is 0.303 e. The van der Waals surface area contributed by atoms with Gasteiger partial charge in [-0.25, -0.2) is 0 Å². The van der Waals surface area contributed by atoms with Gasteiger partial charge in [-0.1, -0.05) is 105 Å². The highest BCUT2D eigenvalue weighted by atomic mass is 35.5. The Morgan fingerprint density at radius 1 is 0.515 bits per heavy atom. The van der Waals surface area contributed by atoms with Crippen LogP contribution in [0.15, 0.2) is 84.9 Å². The van der Waals surface area contributed by atoms with Gasteiger partial charge in [0.1, 0.15) is 35.9 Å². The molecule has 10 atom stereocenters. The Labute approximate surface area is 411 Å². The van der Waals surface area contributed by atoms with Crippen LogP contribution in [0.1, 0.15) is 128 Å². The molecule has 2 aliphatic rings. The first-order valence-electron chi connectivity index (χ1n) is 23.5. The van der Waals surface area contributed by atoms with E-state index in [1.807, 2.05) is 126 Å². The maximum atomic E-state index is 12.0. The second-order valence-corrected chi connectivity index (χ2v) is 18.0. The second kappa shape index (κ2) is 25.5. The molecule has 2 heterocycles. The summed E-state index contributed by atoms with van der Waals surface area (Å²) in [5, 5.41) is 1.25. The minimum absolute atomic E-state index is 0.134. The number of hydrogen-bond donors (Lipinski definition) is 0. The Morgan fingerprint density at radius 2 is 0.941 bits per heavy atom. The van der Waals surface area contributed by atoms with Crippen LogP contribution in [0.25, 0.3) is 0 Å². The molecule has 0 aliphatic carbocycles. The van der Waals surface area contributed by atoms with Crippen LogP contribution < -0.4 is 9.47 Å². The molecular weight excluding hydrogens is 911 g/mol. The van der Waals surface area contributed by atoms with E-state index in [2.05, 4.69) is 0 Å². The first-order chi connectivity index (χ1) is 32.5. The fraction of sp³-hybridized carbons (Fsp3) is 0.481. The Morgan fingerprint density at radius 3 is 1.37 bits per heavy atom. The molecule has 0 amide bonds. The van der Waals surface area contributed by atoms with Crippen molar-refractivity contribution in [3.63, 3.8) is 0 Å². The lowest BCUT2D eigenvalue weighted by atomic mass is 9.84. The maximum Gasteiger partial charge on any atom is 0.303 e. The zero-order chi connectivity index (χ0) is 49.7. The molecule has 0 aromatic heterocycles. The third-order valence-corrected chi connectivity index (χ3v) is 12.9. The lowest BCUT2D eigenvalue weighted by Crippen LogP contribution is -2.52. The molecule has 0 radical (unpaired) electrons. The van der Waals surface area contributed by atoms with Crippen molar-refractivity contribution in [2.24, 2.45) is 11.8 Å². The number of ether oxygens (including phenoxy) is 8. The standard InChI is InChI=1S/2C27H33ClO6/c1-6-24-16(3)25(32-17(4)29)27(33-18(5)30)26(34-24)20-10-13-23(28)21(15-20)14-19-8-11-22(12-9-19)31-7-2;1-6-23-16(3)25(32-17(4)29)27(33-18(5)30)26(34-23)20-12-13-22(28)21(15-20)14-19-10-8-9-11-24(19)31-7-2/h8-13,15-16,24-27H,6-7,14H2,1-5H3;8-13,15-16,23,25-27H,6-7,14H2,1-5H3/t16-,24-,25+,26-,27-;16-,23-,25+,26+,27-/m11/s1. The summed E-state index contributed by atoms with van der Waals surface area (Å²) in [5.74, 6) is -0.399. The number of carbonyl (C=O) groups is 4. The number of rotatable bonds is 16. The second-order valence-electron chi connectivity index (χ2n) is 17.2. The van der Waals surface area contributed by atoms with E-state index in [0.29, 0.717) is 36.1 Å². The van der Waals surface area contributed by atoms with E-state index in [-0.39, 0.29) is 24.0 Å².